The van der Waals surface area contributed by atoms with Gasteiger partial charge < -0.3 is 4.90 Å². The summed E-state index contributed by atoms with van der Waals surface area (Å²) in [5, 5.41) is 4.81. The third kappa shape index (κ3) is 3.69. The predicted molar refractivity (Wildman–Crippen MR) is 112 cm³/mol. The van der Waals surface area contributed by atoms with E-state index in [0.717, 1.165) is 6.07 Å². The van der Waals surface area contributed by atoms with Crippen LogP contribution in [0.15, 0.2) is 29.2 Å². The Bertz CT molecular complexity index is 1120. The van der Waals surface area contributed by atoms with E-state index < -0.39 is 11.6 Å². The minimum absolute atomic E-state index is 0.176. The van der Waals surface area contributed by atoms with Crippen molar-refractivity contribution in [3.8, 4) is 0 Å². The van der Waals surface area contributed by atoms with E-state index in [1.165, 1.54) is 12.1 Å². The Kier molecular flexibility index (Phi) is 5.09. The number of piperazine rings is 1. The lowest BCUT2D eigenvalue weighted by Crippen LogP contribution is -2.48. The van der Waals surface area contributed by atoms with E-state index in [9.17, 15) is 13.6 Å². The lowest BCUT2D eigenvalue weighted by molar-refractivity contribution is 0.194. The van der Waals surface area contributed by atoms with Crippen LogP contribution in [0, 0.1) is 11.6 Å². The van der Waals surface area contributed by atoms with Crippen LogP contribution in [0.1, 0.15) is 39.3 Å². The van der Waals surface area contributed by atoms with Crippen molar-refractivity contribution >= 4 is 17.0 Å². The number of halogens is 2. The molecule has 0 radical (unpaired) electrons. The summed E-state index contributed by atoms with van der Waals surface area (Å²) < 4.78 is 29.1. The molecular weight excluding hydrogens is 390 g/mol. The quantitative estimate of drug-likeness (QED) is 0.711. The van der Waals surface area contributed by atoms with Crippen LogP contribution in [0.25, 0.3) is 11.0 Å². The van der Waals surface area contributed by atoms with Gasteiger partial charge in [0.25, 0.3) is 5.56 Å². The van der Waals surface area contributed by atoms with Crippen molar-refractivity contribution in [3.63, 3.8) is 0 Å². The van der Waals surface area contributed by atoms with Crippen molar-refractivity contribution in [1.29, 1.82) is 0 Å². The van der Waals surface area contributed by atoms with Gasteiger partial charge in [0.05, 0.1) is 11.7 Å². The van der Waals surface area contributed by atoms with Crippen LogP contribution < -0.4 is 10.5 Å². The Hall–Kier alpha value is -2.81. The van der Waals surface area contributed by atoms with Gasteiger partial charge in [-0.3, -0.25) is 14.7 Å². The fourth-order valence-corrected chi connectivity index (χ4v) is 3.91. The zero-order valence-corrected chi connectivity index (χ0v) is 17.6. The van der Waals surface area contributed by atoms with Gasteiger partial charge in [0.15, 0.2) is 5.65 Å². The van der Waals surface area contributed by atoms with Crippen LogP contribution in [-0.2, 0) is 5.54 Å². The van der Waals surface area contributed by atoms with Crippen molar-refractivity contribution in [2.45, 2.75) is 39.3 Å². The largest absolute Gasteiger partial charge is 0.340 e. The predicted octanol–water partition coefficient (Wildman–Crippen LogP) is 3.04. The number of rotatable bonds is 3. The van der Waals surface area contributed by atoms with Crippen LogP contribution in [-0.4, -0.2) is 50.8 Å². The lowest BCUT2D eigenvalue weighted by Gasteiger charge is -2.38. The highest BCUT2D eigenvalue weighted by Crippen LogP contribution is 2.26. The Balaban J connectivity index is 1.54. The number of H-pyrrole nitrogens is 1. The summed E-state index contributed by atoms with van der Waals surface area (Å²) in [5.74, 6) is -0.594. The van der Waals surface area contributed by atoms with Crippen LogP contribution in [0.4, 0.5) is 14.7 Å². The van der Waals surface area contributed by atoms with Crippen LogP contribution >= 0.6 is 0 Å². The molecule has 0 aliphatic carbocycles. The van der Waals surface area contributed by atoms with E-state index in [2.05, 4.69) is 20.0 Å². The van der Waals surface area contributed by atoms with Gasteiger partial charge in [-0.2, -0.15) is 10.1 Å². The molecule has 1 atom stereocenters. The van der Waals surface area contributed by atoms with E-state index in [4.69, 9.17) is 0 Å². The SMILES string of the molecule is CC(c1ccc(F)cc1F)N1CCN(c2nc3c(cnn3C(C)(C)C)c(=O)[nH]2)CC1. The molecule has 0 bridgehead atoms. The van der Waals surface area contributed by atoms with Crippen LogP contribution in [0.3, 0.4) is 0 Å². The maximum absolute atomic E-state index is 14.2. The van der Waals surface area contributed by atoms with Gasteiger partial charge in [-0.05, 0) is 33.8 Å². The standard InChI is InChI=1S/C21H26F2N6O/c1-13(15-6-5-14(22)11-17(15)23)27-7-9-28(10-8-27)20-25-18-16(19(30)26-20)12-24-29(18)21(2,3)4/h5-6,11-13H,7-10H2,1-4H3,(H,25,26,30). The van der Waals surface area contributed by atoms with Gasteiger partial charge in [-0.15, -0.1) is 0 Å². The fourth-order valence-electron chi connectivity index (χ4n) is 3.91. The molecule has 1 unspecified atom stereocenters. The van der Waals surface area contributed by atoms with Crippen molar-refractivity contribution < 1.29 is 8.78 Å². The van der Waals surface area contributed by atoms with E-state index in [1.807, 2.05) is 32.6 Å². The van der Waals surface area contributed by atoms with Gasteiger partial charge in [-0.1, -0.05) is 6.07 Å². The van der Waals surface area contributed by atoms with Gasteiger partial charge in [0.2, 0.25) is 5.95 Å². The molecule has 160 valence electrons. The maximum Gasteiger partial charge on any atom is 0.263 e. The highest BCUT2D eigenvalue weighted by molar-refractivity contribution is 5.74. The summed E-state index contributed by atoms with van der Waals surface area (Å²) in [6, 6.07) is 3.53. The third-order valence-electron chi connectivity index (χ3n) is 5.64. The first kappa shape index (κ1) is 20.5. The molecule has 3 aromatic rings. The smallest absolute Gasteiger partial charge is 0.263 e. The molecule has 0 saturated carbocycles. The van der Waals surface area contributed by atoms with Gasteiger partial charge in [0, 0.05) is 43.9 Å². The van der Waals surface area contributed by atoms with Gasteiger partial charge >= 0.3 is 0 Å². The fraction of sp³-hybridized carbons (Fsp3) is 0.476. The van der Waals surface area contributed by atoms with E-state index in [0.29, 0.717) is 48.7 Å². The second kappa shape index (κ2) is 7.46. The summed E-state index contributed by atoms with van der Waals surface area (Å²) in [5.41, 5.74) is 0.527. The molecule has 3 heterocycles. The zero-order chi connectivity index (χ0) is 21.6. The van der Waals surface area contributed by atoms with Gasteiger partial charge in [0.1, 0.15) is 17.0 Å². The average Bonchev–Trinajstić information content (AvgIpc) is 3.13. The van der Waals surface area contributed by atoms with Crippen molar-refractivity contribution in [1.82, 2.24) is 24.6 Å². The summed E-state index contributed by atoms with van der Waals surface area (Å²) in [7, 11) is 0. The molecular formula is C21H26F2N6O. The maximum atomic E-state index is 14.2. The number of nitrogens with zero attached hydrogens (tertiary/aromatic N) is 5. The molecule has 2 aromatic heterocycles. The first-order valence-electron chi connectivity index (χ1n) is 10.1. The number of benzene rings is 1. The van der Waals surface area contributed by atoms with E-state index in [-0.39, 0.29) is 17.1 Å². The average molecular weight is 416 g/mol. The second-order valence-corrected chi connectivity index (χ2v) is 8.72. The van der Waals surface area contributed by atoms with Crippen LogP contribution in [0.2, 0.25) is 0 Å². The number of anilines is 1. The Morgan fingerprint density at radius 3 is 2.47 bits per heavy atom. The highest BCUT2D eigenvalue weighted by Gasteiger charge is 2.26. The Morgan fingerprint density at radius 2 is 1.83 bits per heavy atom. The summed E-state index contributed by atoms with van der Waals surface area (Å²) >= 11 is 0. The number of hydrogen-bond donors (Lipinski definition) is 1. The summed E-state index contributed by atoms with van der Waals surface area (Å²) in [6.45, 7) is 10.5. The molecule has 1 N–H and O–H groups in total. The van der Waals surface area contributed by atoms with E-state index >= 15 is 0 Å². The second-order valence-electron chi connectivity index (χ2n) is 8.72. The summed E-state index contributed by atoms with van der Waals surface area (Å²) in [6.07, 6.45) is 1.55. The topological polar surface area (TPSA) is 70.1 Å². The monoisotopic (exact) mass is 416 g/mol. The van der Waals surface area contributed by atoms with Crippen molar-refractivity contribution in [2.24, 2.45) is 0 Å². The molecule has 1 fully saturated rings. The number of nitrogens with one attached hydrogen (secondary N) is 1. The first-order valence-corrected chi connectivity index (χ1v) is 10.1. The molecule has 1 aromatic carbocycles. The highest BCUT2D eigenvalue weighted by atomic mass is 19.1. The summed E-state index contributed by atoms with van der Waals surface area (Å²) in [4.78, 5) is 24.3. The molecule has 1 aliphatic heterocycles. The molecule has 0 spiro atoms. The lowest BCUT2D eigenvalue weighted by atomic mass is 10.1. The normalized spacial score (nSPS) is 16.9. The zero-order valence-electron chi connectivity index (χ0n) is 17.6. The van der Waals surface area contributed by atoms with Crippen LogP contribution in [0.5, 0.6) is 0 Å². The van der Waals surface area contributed by atoms with Gasteiger partial charge in [-0.25, -0.2) is 13.5 Å². The molecule has 0 amide bonds. The number of aromatic amines is 1. The van der Waals surface area contributed by atoms with Crippen molar-refractivity contribution in [3.05, 3.63) is 51.9 Å². The minimum Gasteiger partial charge on any atom is -0.340 e. The molecule has 30 heavy (non-hydrogen) atoms. The Morgan fingerprint density at radius 1 is 1.13 bits per heavy atom. The minimum atomic E-state index is -0.576. The molecule has 4 rings (SSSR count). The number of aromatic nitrogens is 4. The first-order chi connectivity index (χ1) is 14.1. The van der Waals surface area contributed by atoms with Crippen molar-refractivity contribution in [2.75, 3.05) is 31.1 Å². The molecule has 1 saturated heterocycles. The Labute approximate surface area is 173 Å². The third-order valence-corrected chi connectivity index (χ3v) is 5.64. The number of hydrogen-bond acceptors (Lipinski definition) is 5. The molecule has 1 aliphatic rings. The molecule has 7 nitrogen and oxygen atoms in total. The number of fused-ring (bicyclic) bond motifs is 1. The molecule has 9 heteroatoms. The van der Waals surface area contributed by atoms with E-state index in [1.54, 1.807) is 10.9 Å².